The highest BCUT2D eigenvalue weighted by Gasteiger charge is 2.22. The molecule has 1 amide bonds. The largest absolute Gasteiger partial charge is 0.548 e. The van der Waals surface area contributed by atoms with E-state index in [1.165, 1.54) is 0 Å². The first-order valence-corrected chi connectivity index (χ1v) is 5.75. The zero-order valence-electron chi connectivity index (χ0n) is 11.8. The van der Waals surface area contributed by atoms with Crippen molar-refractivity contribution in [3.8, 4) is 0 Å². The molecule has 1 N–H and O–H groups in total. The lowest BCUT2D eigenvalue weighted by Gasteiger charge is -2.27. The first kappa shape index (κ1) is 16.7. The maximum Gasteiger partial charge on any atom is 0.408 e. The van der Waals surface area contributed by atoms with Gasteiger partial charge in [0.25, 0.3) is 0 Å². The van der Waals surface area contributed by atoms with Crippen molar-refractivity contribution in [2.45, 2.75) is 58.8 Å². The van der Waals surface area contributed by atoms with E-state index in [9.17, 15) is 14.7 Å². The summed E-state index contributed by atoms with van der Waals surface area (Å²) in [5.74, 6) is -1.41. The lowest BCUT2D eigenvalue weighted by molar-refractivity contribution is -0.309. The van der Waals surface area contributed by atoms with Gasteiger partial charge in [-0.05, 0) is 41.5 Å². The predicted molar refractivity (Wildman–Crippen MR) is 63.9 cm³/mol. The molecule has 0 fully saturated rings. The first-order valence-electron chi connectivity index (χ1n) is 5.75. The van der Waals surface area contributed by atoms with Gasteiger partial charge in [0.15, 0.2) is 0 Å². The fourth-order valence-corrected chi connectivity index (χ4v) is 0.952. The molecule has 18 heavy (non-hydrogen) atoms. The average molecular weight is 260 g/mol. The molecule has 0 rings (SSSR count). The Hall–Kier alpha value is -1.30. The van der Waals surface area contributed by atoms with E-state index < -0.39 is 29.3 Å². The number of amides is 1. The van der Waals surface area contributed by atoms with Crippen molar-refractivity contribution < 1.29 is 24.2 Å². The molecule has 0 heterocycles. The van der Waals surface area contributed by atoms with Gasteiger partial charge in [-0.25, -0.2) is 4.79 Å². The van der Waals surface area contributed by atoms with Gasteiger partial charge in [-0.3, -0.25) is 0 Å². The van der Waals surface area contributed by atoms with Crippen LogP contribution in [0, 0.1) is 0 Å². The number of alkyl carbamates (subject to hydrolysis) is 1. The highest BCUT2D eigenvalue weighted by Crippen LogP contribution is 2.09. The second kappa shape index (κ2) is 6.04. The molecule has 0 aliphatic rings. The summed E-state index contributed by atoms with van der Waals surface area (Å²) >= 11 is 0. The highest BCUT2D eigenvalue weighted by atomic mass is 16.6. The zero-order valence-corrected chi connectivity index (χ0v) is 11.8. The van der Waals surface area contributed by atoms with Gasteiger partial charge >= 0.3 is 6.09 Å². The van der Waals surface area contributed by atoms with Crippen LogP contribution in [0.3, 0.4) is 0 Å². The fraction of sp³-hybridized carbons (Fsp3) is 0.833. The lowest BCUT2D eigenvalue weighted by Crippen LogP contribution is -2.52. The zero-order chi connectivity index (χ0) is 14.6. The van der Waals surface area contributed by atoms with Gasteiger partial charge < -0.3 is 24.7 Å². The molecule has 0 aromatic rings. The number of carbonyl (C=O) groups is 2. The van der Waals surface area contributed by atoms with E-state index in [0.29, 0.717) is 0 Å². The molecule has 1 atom stereocenters. The number of carboxylic acid groups (broad SMARTS) is 1. The molecule has 0 unspecified atom stereocenters. The molecular weight excluding hydrogens is 238 g/mol. The van der Waals surface area contributed by atoms with Crippen LogP contribution in [0.25, 0.3) is 0 Å². The molecular formula is C12H22NO5-. The topological polar surface area (TPSA) is 87.7 Å². The third-order valence-corrected chi connectivity index (χ3v) is 1.66. The Balaban J connectivity index is 4.37. The third-order valence-electron chi connectivity index (χ3n) is 1.66. The Labute approximate surface area is 108 Å². The molecule has 0 aromatic heterocycles. The van der Waals surface area contributed by atoms with Crippen LogP contribution in [-0.4, -0.2) is 35.9 Å². The van der Waals surface area contributed by atoms with Crippen LogP contribution in [0.15, 0.2) is 0 Å². The Kier molecular flexibility index (Phi) is 5.60. The van der Waals surface area contributed by atoms with Gasteiger partial charge in [0, 0.05) is 0 Å². The van der Waals surface area contributed by atoms with Crippen molar-refractivity contribution in [3.05, 3.63) is 0 Å². The van der Waals surface area contributed by atoms with Crippen molar-refractivity contribution in [2.75, 3.05) is 6.61 Å². The fourth-order valence-electron chi connectivity index (χ4n) is 0.952. The van der Waals surface area contributed by atoms with Crippen molar-refractivity contribution in [1.82, 2.24) is 5.32 Å². The molecule has 0 saturated carbocycles. The number of ether oxygens (including phenoxy) is 2. The molecule has 0 aliphatic heterocycles. The maximum absolute atomic E-state index is 11.4. The van der Waals surface area contributed by atoms with Crippen LogP contribution in [0.2, 0.25) is 0 Å². The first-order chi connectivity index (χ1) is 7.91. The van der Waals surface area contributed by atoms with Crippen LogP contribution < -0.4 is 10.4 Å². The number of carbonyl (C=O) groups excluding carboxylic acids is 2. The normalized spacial score (nSPS) is 13.9. The maximum atomic E-state index is 11.4. The van der Waals surface area contributed by atoms with E-state index in [0.717, 1.165) is 0 Å². The highest BCUT2D eigenvalue weighted by molar-refractivity contribution is 5.78. The molecule has 0 bridgehead atoms. The van der Waals surface area contributed by atoms with Crippen LogP contribution in [0.5, 0.6) is 0 Å². The second-order valence-electron chi connectivity index (χ2n) is 5.94. The van der Waals surface area contributed by atoms with Gasteiger partial charge in [0.2, 0.25) is 0 Å². The summed E-state index contributed by atoms with van der Waals surface area (Å²) in [6.45, 7) is 10.2. The third kappa shape index (κ3) is 8.81. The minimum atomic E-state index is -1.41. The number of carboxylic acids is 1. The van der Waals surface area contributed by atoms with Crippen LogP contribution in [0.1, 0.15) is 41.5 Å². The van der Waals surface area contributed by atoms with Gasteiger partial charge in [-0.1, -0.05) is 0 Å². The Morgan fingerprint density at radius 1 is 1.11 bits per heavy atom. The quantitative estimate of drug-likeness (QED) is 0.792. The SMILES string of the molecule is CC(C)(C)OC[C@@H](NC(=O)OC(C)(C)C)C(=O)[O-]. The van der Waals surface area contributed by atoms with Crippen molar-refractivity contribution in [2.24, 2.45) is 0 Å². The monoisotopic (exact) mass is 260 g/mol. The van der Waals surface area contributed by atoms with E-state index >= 15 is 0 Å². The number of hydrogen-bond acceptors (Lipinski definition) is 5. The molecule has 0 aliphatic carbocycles. The second-order valence-corrected chi connectivity index (χ2v) is 5.94. The molecule has 0 spiro atoms. The van der Waals surface area contributed by atoms with E-state index in [4.69, 9.17) is 9.47 Å². The molecule has 0 saturated heterocycles. The van der Waals surface area contributed by atoms with Gasteiger partial charge in [0.1, 0.15) is 5.60 Å². The van der Waals surface area contributed by atoms with E-state index in [2.05, 4.69) is 5.32 Å². The van der Waals surface area contributed by atoms with Crippen LogP contribution >= 0.6 is 0 Å². The summed E-state index contributed by atoms with van der Waals surface area (Å²) in [6.07, 6.45) is -0.811. The molecule has 0 aromatic carbocycles. The standard InChI is InChI=1S/C12H23NO5/c1-11(2,3)17-7-8(9(14)15)13-10(16)18-12(4,5)6/h8H,7H2,1-6H3,(H,13,16)(H,14,15)/p-1/t8-/m1/s1. The van der Waals surface area contributed by atoms with Crippen LogP contribution in [-0.2, 0) is 14.3 Å². The van der Waals surface area contributed by atoms with Crippen molar-refractivity contribution in [1.29, 1.82) is 0 Å². The summed E-state index contributed by atoms with van der Waals surface area (Å²) < 4.78 is 10.2. The molecule has 6 nitrogen and oxygen atoms in total. The molecule has 6 heteroatoms. The molecule has 106 valence electrons. The summed E-state index contributed by atoms with van der Waals surface area (Å²) in [5, 5.41) is 13.1. The lowest BCUT2D eigenvalue weighted by atomic mass is 10.2. The Morgan fingerprint density at radius 2 is 1.61 bits per heavy atom. The number of hydrogen-bond donors (Lipinski definition) is 1. The predicted octanol–water partition coefficient (Wildman–Crippen LogP) is 0.445. The van der Waals surface area contributed by atoms with Gasteiger partial charge in [-0.2, -0.15) is 0 Å². The summed E-state index contributed by atoms with van der Waals surface area (Å²) in [5.41, 5.74) is -1.19. The minimum Gasteiger partial charge on any atom is -0.548 e. The van der Waals surface area contributed by atoms with Crippen molar-refractivity contribution in [3.63, 3.8) is 0 Å². The number of rotatable bonds is 4. The summed E-state index contributed by atoms with van der Waals surface area (Å²) in [7, 11) is 0. The van der Waals surface area contributed by atoms with E-state index in [-0.39, 0.29) is 6.61 Å². The van der Waals surface area contributed by atoms with Gasteiger partial charge in [-0.15, -0.1) is 0 Å². The molecule has 0 radical (unpaired) electrons. The van der Waals surface area contributed by atoms with Gasteiger partial charge in [0.05, 0.1) is 24.2 Å². The summed E-state index contributed by atoms with van der Waals surface area (Å²) in [4.78, 5) is 22.3. The minimum absolute atomic E-state index is 0.176. The average Bonchev–Trinajstić information content (AvgIpc) is 2.06. The number of aliphatic carboxylic acids is 1. The smallest absolute Gasteiger partial charge is 0.408 e. The van der Waals surface area contributed by atoms with Crippen LogP contribution in [0.4, 0.5) is 4.79 Å². The Bertz CT molecular complexity index is 301. The Morgan fingerprint density at radius 3 is 1.94 bits per heavy atom. The van der Waals surface area contributed by atoms with E-state index in [1.54, 1.807) is 41.5 Å². The van der Waals surface area contributed by atoms with Crippen molar-refractivity contribution >= 4 is 12.1 Å². The van der Waals surface area contributed by atoms with E-state index in [1.807, 2.05) is 0 Å². The number of nitrogens with one attached hydrogen (secondary N) is 1. The summed E-state index contributed by atoms with van der Waals surface area (Å²) in [6, 6.07) is -1.24.